The Hall–Kier alpha value is -2.82. The van der Waals surface area contributed by atoms with Crippen LogP contribution in [-0.2, 0) is 11.2 Å². The average molecular weight is 512 g/mol. The normalized spacial score (nSPS) is 24.6. The highest BCUT2D eigenvalue weighted by molar-refractivity contribution is 6.03. The predicted octanol–water partition coefficient (Wildman–Crippen LogP) is 5.35. The van der Waals surface area contributed by atoms with Crippen LogP contribution in [0.4, 0.5) is 29.3 Å². The summed E-state index contributed by atoms with van der Waals surface area (Å²) in [7, 11) is 1.57. The monoisotopic (exact) mass is 511 g/mol. The number of ether oxygens (including phenoxy) is 2. The molecule has 1 saturated heterocycles. The zero-order chi connectivity index (χ0) is 25.7. The summed E-state index contributed by atoms with van der Waals surface area (Å²) in [5.41, 5.74) is -0.844. The lowest BCUT2D eigenvalue weighted by Gasteiger charge is -2.47. The van der Waals surface area contributed by atoms with E-state index >= 15 is 0 Å². The van der Waals surface area contributed by atoms with Crippen molar-refractivity contribution in [1.29, 1.82) is 0 Å². The average Bonchev–Trinajstić information content (AvgIpc) is 3.17. The second kappa shape index (κ2) is 9.24. The number of carbonyl (C=O) groups excluding carboxylic acids is 1. The minimum absolute atomic E-state index is 0.0259. The molecule has 196 valence electrons. The van der Waals surface area contributed by atoms with E-state index < -0.39 is 41.4 Å². The number of nitrogens with one attached hydrogen (secondary N) is 1. The highest BCUT2D eigenvalue weighted by Gasteiger charge is 2.45. The van der Waals surface area contributed by atoms with E-state index in [1.807, 2.05) is 6.92 Å². The van der Waals surface area contributed by atoms with Crippen LogP contribution in [0.25, 0.3) is 0 Å². The van der Waals surface area contributed by atoms with Crippen LogP contribution in [0.1, 0.15) is 55.3 Å². The van der Waals surface area contributed by atoms with Gasteiger partial charge in [-0.1, -0.05) is 6.92 Å². The number of nitrogens with zero attached hydrogens (tertiary/aromatic N) is 2. The number of alkyl halides is 3. The molecule has 36 heavy (non-hydrogen) atoms. The molecule has 0 unspecified atom stereocenters. The van der Waals surface area contributed by atoms with Crippen molar-refractivity contribution in [1.82, 2.24) is 4.98 Å². The van der Waals surface area contributed by atoms with E-state index in [1.165, 1.54) is 25.0 Å². The summed E-state index contributed by atoms with van der Waals surface area (Å²) >= 11 is 0. The maximum atomic E-state index is 14.7. The van der Waals surface area contributed by atoms with Crippen LogP contribution in [0.5, 0.6) is 5.75 Å². The summed E-state index contributed by atoms with van der Waals surface area (Å²) in [6.07, 6.45) is -1.13. The Kier molecular flexibility index (Phi) is 6.38. The number of hydrogen-bond acceptors (Lipinski definition) is 6. The second-order valence-electron chi connectivity index (χ2n) is 10.2. The molecule has 1 aromatic carbocycles. The number of carbonyl (C=O) groups is 1. The number of hydrogen-bond donors (Lipinski definition) is 1. The van der Waals surface area contributed by atoms with Crippen molar-refractivity contribution in [3.05, 3.63) is 35.5 Å². The molecule has 1 aliphatic heterocycles. The molecule has 6 rings (SSSR count). The second-order valence-corrected chi connectivity index (χ2v) is 10.2. The molecule has 4 aliphatic rings. The van der Waals surface area contributed by atoms with E-state index in [9.17, 15) is 22.4 Å². The number of benzene rings is 1. The third kappa shape index (κ3) is 5.02. The van der Waals surface area contributed by atoms with Crippen LogP contribution in [0.2, 0.25) is 0 Å². The summed E-state index contributed by atoms with van der Waals surface area (Å²) < 4.78 is 70.8. The smallest absolute Gasteiger partial charge is 0.396 e. The van der Waals surface area contributed by atoms with Crippen molar-refractivity contribution < 1.29 is 36.2 Å². The maximum Gasteiger partial charge on any atom is 0.396 e. The third-order valence-electron chi connectivity index (χ3n) is 7.58. The molecule has 4 fully saturated rings. The molecule has 2 heterocycles. The summed E-state index contributed by atoms with van der Waals surface area (Å²) in [4.78, 5) is 18.5. The first-order chi connectivity index (χ1) is 17.1. The molecular weight excluding hydrogens is 482 g/mol. The Morgan fingerprint density at radius 1 is 1.22 bits per heavy atom. The van der Waals surface area contributed by atoms with Crippen LogP contribution < -0.4 is 15.0 Å². The van der Waals surface area contributed by atoms with Crippen molar-refractivity contribution in [3.8, 4) is 5.75 Å². The number of rotatable bonds is 8. The van der Waals surface area contributed by atoms with E-state index in [0.29, 0.717) is 31.3 Å². The lowest BCUT2D eigenvalue weighted by Crippen LogP contribution is -2.62. The molecule has 3 aliphatic carbocycles. The van der Waals surface area contributed by atoms with Crippen molar-refractivity contribution in [2.24, 2.45) is 11.8 Å². The minimum Gasteiger partial charge on any atom is -0.487 e. The molecule has 0 radical (unpaired) electrons. The van der Waals surface area contributed by atoms with Gasteiger partial charge < -0.3 is 24.1 Å². The van der Waals surface area contributed by atoms with Crippen molar-refractivity contribution in [3.63, 3.8) is 0 Å². The molecule has 3 saturated carbocycles. The Bertz CT molecular complexity index is 1110. The van der Waals surface area contributed by atoms with Gasteiger partial charge >= 0.3 is 6.18 Å². The van der Waals surface area contributed by atoms with Gasteiger partial charge in [0.15, 0.2) is 17.3 Å². The Balaban J connectivity index is 1.29. The lowest BCUT2D eigenvalue weighted by atomic mass is 9.64. The van der Waals surface area contributed by atoms with Gasteiger partial charge in [-0.25, -0.2) is 4.39 Å². The van der Waals surface area contributed by atoms with Crippen molar-refractivity contribution in [2.45, 2.75) is 63.3 Å². The summed E-state index contributed by atoms with van der Waals surface area (Å²) in [6, 6.07) is 3.88. The van der Waals surface area contributed by atoms with Gasteiger partial charge in [-0.05, 0) is 56.1 Å². The van der Waals surface area contributed by atoms with Gasteiger partial charge in [0.25, 0.3) is 11.9 Å². The fourth-order valence-electron chi connectivity index (χ4n) is 5.47. The molecular formula is C25H29F4N3O4. The van der Waals surface area contributed by atoms with Crippen molar-refractivity contribution >= 4 is 17.6 Å². The number of methoxy groups -OCH3 is 1. The molecule has 1 amide bonds. The van der Waals surface area contributed by atoms with Crippen LogP contribution in [0.3, 0.4) is 0 Å². The molecule has 2 bridgehead atoms. The van der Waals surface area contributed by atoms with Crippen LogP contribution >= 0.6 is 0 Å². The van der Waals surface area contributed by atoms with Crippen LogP contribution in [0.15, 0.2) is 22.6 Å². The molecule has 1 aromatic heterocycles. The van der Waals surface area contributed by atoms with Crippen LogP contribution in [0, 0.1) is 17.7 Å². The standard InChI is InChI=1S/C25H29F4N3O4/c1-3-24(34-2)12-32(13-24)23-31-21(20(36-23)11-25(27,28)29)22(33)30-16-4-5-19(18(26)10-16)35-17-8-14-6-15(7-14)9-17/h4-5,10,14-15,17H,3,6-9,11-13H2,1-2H3,(H,30,33). The summed E-state index contributed by atoms with van der Waals surface area (Å²) in [5.74, 6) is -0.775. The largest absolute Gasteiger partial charge is 0.487 e. The van der Waals surface area contributed by atoms with Gasteiger partial charge in [-0.3, -0.25) is 4.79 Å². The zero-order valence-corrected chi connectivity index (χ0v) is 20.2. The van der Waals surface area contributed by atoms with Crippen LogP contribution in [-0.4, -0.2) is 49.0 Å². The highest BCUT2D eigenvalue weighted by Crippen LogP contribution is 2.46. The van der Waals surface area contributed by atoms with E-state index in [4.69, 9.17) is 13.9 Å². The molecule has 7 nitrogen and oxygen atoms in total. The summed E-state index contributed by atoms with van der Waals surface area (Å²) in [5, 5.41) is 2.43. The van der Waals surface area contributed by atoms with Gasteiger partial charge in [0, 0.05) is 18.9 Å². The third-order valence-corrected chi connectivity index (χ3v) is 7.58. The number of halogens is 4. The number of amides is 1. The van der Waals surface area contributed by atoms with Gasteiger partial charge in [-0.15, -0.1) is 0 Å². The molecule has 2 aromatic rings. The SMILES string of the molecule is CCC1(OC)CN(c2nc(C(=O)Nc3ccc(OC4CC5CC(C5)C4)c(F)c3)c(CC(F)(F)F)o2)C1. The van der Waals surface area contributed by atoms with E-state index in [2.05, 4.69) is 10.3 Å². The van der Waals surface area contributed by atoms with Gasteiger partial charge in [0.05, 0.1) is 19.2 Å². The lowest BCUT2D eigenvalue weighted by molar-refractivity contribution is -0.130. The molecule has 1 N–H and O–H groups in total. The number of oxazole rings is 1. The van der Waals surface area contributed by atoms with Gasteiger partial charge in [-0.2, -0.15) is 18.2 Å². The quantitative estimate of drug-likeness (QED) is 0.482. The maximum absolute atomic E-state index is 14.7. The highest BCUT2D eigenvalue weighted by atomic mass is 19.4. The number of fused-ring (bicyclic) bond motifs is 2. The van der Waals surface area contributed by atoms with Crippen molar-refractivity contribution in [2.75, 3.05) is 30.4 Å². The van der Waals surface area contributed by atoms with E-state index in [1.54, 1.807) is 12.0 Å². The minimum atomic E-state index is -4.61. The summed E-state index contributed by atoms with van der Waals surface area (Å²) in [6.45, 7) is 2.70. The number of aromatic nitrogens is 1. The molecule has 0 atom stereocenters. The Morgan fingerprint density at radius 3 is 2.50 bits per heavy atom. The Labute approximate surface area is 206 Å². The zero-order valence-electron chi connectivity index (χ0n) is 20.2. The molecule has 11 heteroatoms. The fourth-order valence-corrected chi connectivity index (χ4v) is 5.47. The van der Waals surface area contributed by atoms with Gasteiger partial charge in [0.1, 0.15) is 17.8 Å². The fraction of sp³-hybridized carbons (Fsp3) is 0.600. The Morgan fingerprint density at radius 2 is 1.92 bits per heavy atom. The first-order valence-electron chi connectivity index (χ1n) is 12.2. The van der Waals surface area contributed by atoms with E-state index in [-0.39, 0.29) is 23.6 Å². The number of anilines is 2. The first kappa shape index (κ1) is 24.9. The molecule has 0 spiro atoms. The first-order valence-corrected chi connectivity index (χ1v) is 12.2. The predicted molar refractivity (Wildman–Crippen MR) is 123 cm³/mol. The van der Waals surface area contributed by atoms with E-state index in [0.717, 1.165) is 18.9 Å². The van der Waals surface area contributed by atoms with Gasteiger partial charge in [0.2, 0.25) is 0 Å². The topological polar surface area (TPSA) is 76.8 Å².